The van der Waals surface area contributed by atoms with Crippen LogP contribution in [0.5, 0.6) is 0 Å². The van der Waals surface area contributed by atoms with Gasteiger partial charge in [-0.2, -0.15) is 0 Å². The zero-order valence-electron chi connectivity index (χ0n) is 30.9. The van der Waals surface area contributed by atoms with Gasteiger partial charge < -0.3 is 13.6 Å². The fourth-order valence-corrected chi connectivity index (χ4v) is 9.07. The van der Waals surface area contributed by atoms with E-state index in [2.05, 4.69) is 209 Å². The number of rotatable bonds is 5. The maximum absolute atomic E-state index is 6.28. The van der Waals surface area contributed by atoms with Crippen LogP contribution in [0.4, 0.5) is 0 Å². The lowest BCUT2D eigenvalue weighted by Gasteiger charge is -2.11. The summed E-state index contributed by atoms with van der Waals surface area (Å²) in [6.07, 6.45) is 0. The van der Waals surface area contributed by atoms with Crippen LogP contribution in [0.15, 0.2) is 211 Å². The van der Waals surface area contributed by atoms with Crippen LogP contribution in [0, 0.1) is 0 Å². The molecule has 12 rings (SSSR count). The third-order valence-electron chi connectivity index (χ3n) is 11.8. The van der Waals surface area contributed by atoms with E-state index in [4.69, 9.17) is 4.42 Å². The highest BCUT2D eigenvalue weighted by atomic mass is 16.3. The van der Waals surface area contributed by atoms with E-state index in [1.54, 1.807) is 0 Å². The van der Waals surface area contributed by atoms with Crippen molar-refractivity contribution in [3.63, 3.8) is 0 Å². The Hall–Kier alpha value is -7.62. The average molecular weight is 727 g/mol. The van der Waals surface area contributed by atoms with E-state index in [1.807, 2.05) is 6.07 Å². The first-order valence-electron chi connectivity index (χ1n) is 19.5. The van der Waals surface area contributed by atoms with E-state index in [1.165, 1.54) is 82.4 Å². The van der Waals surface area contributed by atoms with Gasteiger partial charge in [0, 0.05) is 43.7 Å². The van der Waals surface area contributed by atoms with Crippen LogP contribution in [-0.4, -0.2) is 9.13 Å². The molecule has 0 spiro atoms. The fraction of sp³-hybridized carbons (Fsp3) is 0. The summed E-state index contributed by atoms with van der Waals surface area (Å²) < 4.78 is 11.0. The molecule has 0 bridgehead atoms. The quantitative estimate of drug-likeness (QED) is 0.173. The van der Waals surface area contributed by atoms with Gasteiger partial charge in [-0.15, -0.1) is 0 Å². The molecule has 0 aliphatic heterocycles. The SMILES string of the molecule is c1ccc(-c2ccc3c(c2)c2ccccc2n3-c2ccc(-c3ccc(-c4ccc(-n5c6ccccc6c6c7c(ccc65)oc5ccccc57)cc4)cc3)cc2)cc1. The van der Waals surface area contributed by atoms with Crippen molar-refractivity contribution in [2.75, 3.05) is 0 Å². The number of hydrogen-bond acceptors (Lipinski definition) is 1. The second-order valence-corrected chi connectivity index (χ2v) is 14.9. The Balaban J connectivity index is 0.860. The first-order chi connectivity index (χ1) is 28.3. The molecule has 0 atom stereocenters. The van der Waals surface area contributed by atoms with Crippen LogP contribution in [0.2, 0.25) is 0 Å². The van der Waals surface area contributed by atoms with Crippen LogP contribution >= 0.6 is 0 Å². The van der Waals surface area contributed by atoms with Gasteiger partial charge in [0.25, 0.3) is 0 Å². The number of para-hydroxylation sites is 3. The van der Waals surface area contributed by atoms with E-state index in [0.717, 1.165) is 27.9 Å². The Morgan fingerprint density at radius 2 is 0.719 bits per heavy atom. The molecule has 3 heterocycles. The molecule has 57 heavy (non-hydrogen) atoms. The molecule has 0 aliphatic carbocycles. The van der Waals surface area contributed by atoms with Crippen LogP contribution in [0.25, 0.3) is 110 Å². The third-order valence-corrected chi connectivity index (χ3v) is 11.8. The van der Waals surface area contributed by atoms with Gasteiger partial charge in [-0.05, 0) is 100 Å². The second kappa shape index (κ2) is 12.5. The van der Waals surface area contributed by atoms with E-state index < -0.39 is 0 Å². The molecule has 0 amide bonds. The number of hydrogen-bond donors (Lipinski definition) is 0. The van der Waals surface area contributed by atoms with Crippen LogP contribution in [0.3, 0.4) is 0 Å². The second-order valence-electron chi connectivity index (χ2n) is 14.9. The predicted octanol–water partition coefficient (Wildman–Crippen LogP) is 14.8. The van der Waals surface area contributed by atoms with Crippen molar-refractivity contribution in [2.24, 2.45) is 0 Å². The smallest absolute Gasteiger partial charge is 0.136 e. The molecule has 266 valence electrons. The number of fused-ring (bicyclic) bond motifs is 10. The molecule has 3 aromatic heterocycles. The van der Waals surface area contributed by atoms with Gasteiger partial charge >= 0.3 is 0 Å². The van der Waals surface area contributed by atoms with Gasteiger partial charge in [-0.25, -0.2) is 0 Å². The molecule has 3 heteroatoms. The zero-order valence-corrected chi connectivity index (χ0v) is 30.9. The first kappa shape index (κ1) is 31.7. The van der Waals surface area contributed by atoms with Gasteiger partial charge in [0.2, 0.25) is 0 Å². The normalized spacial score (nSPS) is 11.9. The molecule has 0 N–H and O–H groups in total. The molecule has 0 radical (unpaired) electrons. The molecular formula is C54H34N2O. The highest BCUT2D eigenvalue weighted by Crippen LogP contribution is 2.41. The minimum absolute atomic E-state index is 0.918. The van der Waals surface area contributed by atoms with Crippen molar-refractivity contribution in [2.45, 2.75) is 0 Å². The Labute approximate surface area is 328 Å². The highest BCUT2D eigenvalue weighted by Gasteiger charge is 2.19. The van der Waals surface area contributed by atoms with Crippen LogP contribution in [0.1, 0.15) is 0 Å². The Bertz CT molecular complexity index is 3470. The minimum atomic E-state index is 0.918. The van der Waals surface area contributed by atoms with Crippen molar-refractivity contribution in [1.82, 2.24) is 9.13 Å². The molecule has 0 fully saturated rings. The maximum atomic E-state index is 6.28. The fourth-order valence-electron chi connectivity index (χ4n) is 9.07. The number of aromatic nitrogens is 2. The summed E-state index contributed by atoms with van der Waals surface area (Å²) in [5, 5.41) is 7.31. The summed E-state index contributed by atoms with van der Waals surface area (Å²) in [5.41, 5.74) is 16.1. The summed E-state index contributed by atoms with van der Waals surface area (Å²) in [7, 11) is 0. The highest BCUT2D eigenvalue weighted by molar-refractivity contribution is 6.27. The molecule has 12 aromatic rings. The summed E-state index contributed by atoms with van der Waals surface area (Å²) in [6.45, 7) is 0. The molecule has 9 aromatic carbocycles. The molecule has 0 aliphatic rings. The monoisotopic (exact) mass is 726 g/mol. The zero-order chi connectivity index (χ0) is 37.5. The van der Waals surface area contributed by atoms with Crippen LogP contribution in [-0.2, 0) is 0 Å². The molecule has 0 saturated carbocycles. The van der Waals surface area contributed by atoms with Crippen molar-refractivity contribution in [3.8, 4) is 44.8 Å². The molecule has 3 nitrogen and oxygen atoms in total. The topological polar surface area (TPSA) is 23.0 Å². The summed E-state index contributed by atoms with van der Waals surface area (Å²) in [6, 6.07) is 74.4. The van der Waals surface area contributed by atoms with Gasteiger partial charge in [0.05, 0.1) is 22.1 Å². The predicted molar refractivity (Wildman–Crippen MR) is 239 cm³/mol. The minimum Gasteiger partial charge on any atom is -0.456 e. The number of benzene rings is 9. The summed E-state index contributed by atoms with van der Waals surface area (Å²) in [4.78, 5) is 0. The molecule has 0 unspecified atom stereocenters. The maximum Gasteiger partial charge on any atom is 0.136 e. The van der Waals surface area contributed by atoms with E-state index in [0.29, 0.717) is 0 Å². The van der Waals surface area contributed by atoms with E-state index in [9.17, 15) is 0 Å². The summed E-state index contributed by atoms with van der Waals surface area (Å²) >= 11 is 0. The third kappa shape index (κ3) is 4.92. The van der Waals surface area contributed by atoms with Gasteiger partial charge in [0.1, 0.15) is 11.2 Å². The van der Waals surface area contributed by atoms with Crippen molar-refractivity contribution in [1.29, 1.82) is 0 Å². The average Bonchev–Trinajstić information content (AvgIpc) is 3.94. The lowest BCUT2D eigenvalue weighted by Crippen LogP contribution is -1.94. The lowest BCUT2D eigenvalue weighted by atomic mass is 10.00. The lowest BCUT2D eigenvalue weighted by molar-refractivity contribution is 0.669. The number of nitrogens with zero attached hydrogens (tertiary/aromatic N) is 2. The Morgan fingerprint density at radius 3 is 1.39 bits per heavy atom. The standard InChI is InChI=1S/C54H34N2O/c1-2-10-35(11-3-1)40-26-31-49-46(34-40)43-12-4-7-15-47(43)55(49)41-27-22-38(23-28-41)36-18-20-37(21-19-36)39-24-29-42(30-25-39)56-48-16-8-5-13-44(48)53-50(56)32-33-52-54(53)45-14-6-9-17-51(45)57-52/h1-34H. The van der Waals surface area contributed by atoms with Crippen molar-refractivity contribution < 1.29 is 4.42 Å². The van der Waals surface area contributed by atoms with E-state index in [-0.39, 0.29) is 0 Å². The van der Waals surface area contributed by atoms with Crippen molar-refractivity contribution in [3.05, 3.63) is 206 Å². The van der Waals surface area contributed by atoms with Crippen molar-refractivity contribution >= 4 is 65.6 Å². The van der Waals surface area contributed by atoms with Gasteiger partial charge in [0.15, 0.2) is 0 Å². The Morgan fingerprint density at radius 1 is 0.263 bits per heavy atom. The van der Waals surface area contributed by atoms with Gasteiger partial charge in [-0.1, -0.05) is 140 Å². The van der Waals surface area contributed by atoms with E-state index >= 15 is 0 Å². The molecule has 0 saturated heterocycles. The summed E-state index contributed by atoms with van der Waals surface area (Å²) in [5.74, 6) is 0. The van der Waals surface area contributed by atoms with Crippen LogP contribution < -0.4 is 0 Å². The largest absolute Gasteiger partial charge is 0.456 e. The Kier molecular flexibility index (Phi) is 6.93. The molecular weight excluding hydrogens is 693 g/mol. The van der Waals surface area contributed by atoms with Gasteiger partial charge in [-0.3, -0.25) is 0 Å². The number of furan rings is 1. The first-order valence-corrected chi connectivity index (χ1v) is 19.5.